The van der Waals surface area contributed by atoms with Gasteiger partial charge in [-0.2, -0.15) is 15.2 Å². The van der Waals surface area contributed by atoms with E-state index in [0.29, 0.717) is 6.04 Å². The molecule has 0 aromatic carbocycles. The predicted molar refractivity (Wildman–Crippen MR) is 125 cm³/mol. The third-order valence-corrected chi connectivity index (χ3v) is 6.22. The third-order valence-electron chi connectivity index (χ3n) is 6.22. The molecular formula is C24H48N4O2. The van der Waals surface area contributed by atoms with E-state index in [-0.39, 0.29) is 22.2 Å². The fourth-order valence-electron chi connectivity index (χ4n) is 5.70. The van der Waals surface area contributed by atoms with Gasteiger partial charge in [-0.1, -0.05) is 13.8 Å². The number of piperidine rings is 2. The molecule has 0 amide bonds. The van der Waals surface area contributed by atoms with Gasteiger partial charge < -0.3 is 5.43 Å². The molecule has 2 saturated heterocycles. The van der Waals surface area contributed by atoms with Gasteiger partial charge in [-0.3, -0.25) is 9.68 Å². The zero-order valence-electron chi connectivity index (χ0n) is 21.4. The van der Waals surface area contributed by atoms with Gasteiger partial charge in [0.05, 0.1) is 13.2 Å². The van der Waals surface area contributed by atoms with Crippen molar-refractivity contribution in [2.45, 2.75) is 136 Å². The molecule has 0 saturated carbocycles. The summed E-state index contributed by atoms with van der Waals surface area (Å²) in [5, 5.41) is 9.39. The van der Waals surface area contributed by atoms with Crippen LogP contribution in [0.1, 0.15) is 108 Å². The molecule has 6 heteroatoms. The standard InChI is InChI=1S/C24H48N4O2/c1-11-13-29-27-21(3,4)15-19(16-22(27,5)6)25-26-20-17-23(7,8)28(30-14-12-2)24(9,10)18-20/h19,25H,11-18H2,1-10H3. The zero-order chi connectivity index (χ0) is 22.8. The van der Waals surface area contributed by atoms with Crippen LogP contribution in [0.3, 0.4) is 0 Å². The molecule has 0 spiro atoms. The minimum Gasteiger partial charge on any atom is -0.307 e. The lowest BCUT2D eigenvalue weighted by atomic mass is 9.79. The number of hydrogen-bond donors (Lipinski definition) is 1. The Morgan fingerprint density at radius 1 is 0.767 bits per heavy atom. The molecule has 2 aliphatic heterocycles. The number of hydrogen-bond acceptors (Lipinski definition) is 6. The lowest BCUT2D eigenvalue weighted by molar-refractivity contribution is -0.284. The van der Waals surface area contributed by atoms with Crippen LogP contribution < -0.4 is 5.43 Å². The van der Waals surface area contributed by atoms with Crippen LogP contribution in [0.25, 0.3) is 0 Å². The summed E-state index contributed by atoms with van der Waals surface area (Å²) >= 11 is 0. The minimum absolute atomic E-state index is 0.0370. The van der Waals surface area contributed by atoms with Crippen LogP contribution in [0, 0.1) is 0 Å². The van der Waals surface area contributed by atoms with E-state index in [1.165, 1.54) is 5.71 Å². The summed E-state index contributed by atoms with van der Waals surface area (Å²) in [6, 6.07) is 0.338. The highest BCUT2D eigenvalue weighted by Crippen LogP contribution is 2.40. The van der Waals surface area contributed by atoms with Gasteiger partial charge in [0.15, 0.2) is 0 Å². The number of hydroxylamine groups is 4. The normalized spacial score (nSPS) is 26.5. The van der Waals surface area contributed by atoms with E-state index in [1.807, 2.05) is 0 Å². The first-order valence-corrected chi connectivity index (χ1v) is 11.9. The summed E-state index contributed by atoms with van der Waals surface area (Å²) in [4.78, 5) is 12.3. The molecule has 0 atom stereocenters. The van der Waals surface area contributed by atoms with Crippen LogP contribution in [-0.2, 0) is 9.68 Å². The van der Waals surface area contributed by atoms with Gasteiger partial charge in [0.25, 0.3) is 0 Å². The molecule has 1 N–H and O–H groups in total. The quantitative estimate of drug-likeness (QED) is 0.537. The Hall–Kier alpha value is -0.690. The first-order chi connectivity index (χ1) is 13.7. The van der Waals surface area contributed by atoms with Crippen LogP contribution in [0.5, 0.6) is 0 Å². The fraction of sp³-hybridized carbons (Fsp3) is 0.958. The van der Waals surface area contributed by atoms with Crippen LogP contribution in [0.2, 0.25) is 0 Å². The van der Waals surface area contributed by atoms with Gasteiger partial charge in [0.1, 0.15) is 0 Å². The summed E-state index contributed by atoms with van der Waals surface area (Å²) in [7, 11) is 0. The van der Waals surface area contributed by atoms with E-state index < -0.39 is 0 Å². The average Bonchev–Trinajstić information content (AvgIpc) is 2.56. The van der Waals surface area contributed by atoms with Gasteiger partial charge in [0, 0.05) is 46.8 Å². The van der Waals surface area contributed by atoms with Crippen LogP contribution in [0.15, 0.2) is 5.10 Å². The van der Waals surface area contributed by atoms with E-state index in [2.05, 4.69) is 84.8 Å². The largest absolute Gasteiger partial charge is 0.307 e. The molecule has 0 aromatic rings. The second kappa shape index (κ2) is 9.43. The van der Waals surface area contributed by atoms with E-state index in [9.17, 15) is 0 Å². The van der Waals surface area contributed by atoms with Crippen molar-refractivity contribution in [3.8, 4) is 0 Å². The molecule has 0 aliphatic carbocycles. The van der Waals surface area contributed by atoms with Crippen molar-refractivity contribution < 1.29 is 9.68 Å². The van der Waals surface area contributed by atoms with Gasteiger partial charge in [0.2, 0.25) is 0 Å². The summed E-state index contributed by atoms with van der Waals surface area (Å²) in [6.07, 6.45) is 5.90. The molecule has 0 bridgehead atoms. The summed E-state index contributed by atoms with van der Waals surface area (Å²) < 4.78 is 0. The van der Waals surface area contributed by atoms with E-state index in [1.54, 1.807) is 0 Å². The Bertz CT molecular complexity index is 560. The molecular weight excluding hydrogens is 376 g/mol. The molecule has 2 heterocycles. The number of nitrogens with one attached hydrogen (secondary N) is 1. The summed E-state index contributed by atoms with van der Waals surface area (Å²) in [5.41, 5.74) is 4.57. The van der Waals surface area contributed by atoms with Gasteiger partial charge in [-0.05, 0) is 81.1 Å². The van der Waals surface area contributed by atoms with Crippen LogP contribution >= 0.6 is 0 Å². The Morgan fingerprint density at radius 3 is 1.57 bits per heavy atom. The third kappa shape index (κ3) is 5.96. The van der Waals surface area contributed by atoms with Crippen molar-refractivity contribution in [1.82, 2.24) is 15.6 Å². The van der Waals surface area contributed by atoms with Crippen molar-refractivity contribution in [3.05, 3.63) is 0 Å². The second-order valence-corrected chi connectivity index (χ2v) is 11.8. The van der Waals surface area contributed by atoms with Crippen LogP contribution in [-0.4, -0.2) is 57.2 Å². The molecule has 0 aromatic heterocycles. The maximum Gasteiger partial charge on any atom is 0.0683 e. The van der Waals surface area contributed by atoms with E-state index >= 15 is 0 Å². The molecule has 0 radical (unpaired) electrons. The monoisotopic (exact) mass is 424 g/mol. The van der Waals surface area contributed by atoms with Crippen LogP contribution in [0.4, 0.5) is 0 Å². The number of hydrazone groups is 1. The van der Waals surface area contributed by atoms with Crippen molar-refractivity contribution in [1.29, 1.82) is 0 Å². The second-order valence-electron chi connectivity index (χ2n) is 11.8. The SMILES string of the molecule is CCCON1C(C)(C)CC(=NNC2CC(C)(C)N(OCCC)C(C)(C)C2)CC1(C)C. The average molecular weight is 425 g/mol. The lowest BCUT2D eigenvalue weighted by Crippen LogP contribution is -2.63. The summed E-state index contributed by atoms with van der Waals surface area (Å²) in [5.74, 6) is 0. The maximum absolute atomic E-state index is 6.15. The van der Waals surface area contributed by atoms with Gasteiger partial charge in [-0.15, -0.1) is 0 Å². The lowest BCUT2D eigenvalue weighted by Gasteiger charge is -2.54. The number of rotatable bonds is 8. The van der Waals surface area contributed by atoms with Crippen molar-refractivity contribution >= 4 is 5.71 Å². The van der Waals surface area contributed by atoms with Gasteiger partial charge in [-0.25, -0.2) is 0 Å². The Morgan fingerprint density at radius 2 is 1.17 bits per heavy atom. The minimum atomic E-state index is -0.0761. The smallest absolute Gasteiger partial charge is 0.0683 e. The van der Waals surface area contributed by atoms with Crippen molar-refractivity contribution in [2.24, 2.45) is 5.10 Å². The maximum atomic E-state index is 6.15. The van der Waals surface area contributed by atoms with Crippen molar-refractivity contribution in [3.63, 3.8) is 0 Å². The van der Waals surface area contributed by atoms with Crippen molar-refractivity contribution in [2.75, 3.05) is 13.2 Å². The molecule has 2 rings (SSSR count). The molecule has 2 aliphatic rings. The summed E-state index contributed by atoms with van der Waals surface area (Å²) in [6.45, 7) is 24.0. The highest BCUT2D eigenvalue weighted by Gasteiger charge is 2.47. The Kier molecular flexibility index (Phi) is 8.04. The molecule has 30 heavy (non-hydrogen) atoms. The Balaban J connectivity index is 2.09. The highest BCUT2D eigenvalue weighted by molar-refractivity contribution is 5.87. The zero-order valence-corrected chi connectivity index (χ0v) is 21.4. The highest BCUT2D eigenvalue weighted by atomic mass is 16.7. The first-order valence-electron chi connectivity index (χ1n) is 11.9. The Labute approximate surface area is 185 Å². The topological polar surface area (TPSA) is 49.3 Å². The van der Waals surface area contributed by atoms with Gasteiger partial charge >= 0.3 is 0 Å². The first kappa shape index (κ1) is 25.6. The number of nitrogens with zero attached hydrogens (tertiary/aromatic N) is 3. The molecule has 0 unspecified atom stereocenters. The van der Waals surface area contributed by atoms with E-state index in [4.69, 9.17) is 14.8 Å². The molecule has 6 nitrogen and oxygen atoms in total. The fourth-order valence-corrected chi connectivity index (χ4v) is 5.70. The molecule has 176 valence electrons. The molecule has 2 fully saturated rings. The van der Waals surface area contributed by atoms with E-state index in [0.717, 1.165) is 51.7 Å². The predicted octanol–water partition coefficient (Wildman–Crippen LogP) is 5.29.